The van der Waals surface area contributed by atoms with Crippen LogP contribution in [0.5, 0.6) is 5.75 Å². The lowest BCUT2D eigenvalue weighted by Crippen LogP contribution is -2.41. The Hall–Kier alpha value is -3.21. The molecule has 186 valence electrons. The first-order chi connectivity index (χ1) is 16.8. The molecule has 1 unspecified atom stereocenters. The molecule has 10 heteroatoms. The SMILES string of the molecule is CCc1ccc(C(=O)NC(c2ccc(OC)cc2)c2nccn2C)cc1S(=O)(=O)N1CCOCC1. The first kappa shape index (κ1) is 24.9. The number of methoxy groups -OCH3 is 1. The fourth-order valence-corrected chi connectivity index (χ4v) is 5.84. The molecular formula is C25H30N4O5S. The van der Waals surface area contributed by atoms with E-state index in [2.05, 4.69) is 10.3 Å². The molecular weight excluding hydrogens is 468 g/mol. The zero-order valence-corrected chi connectivity index (χ0v) is 20.9. The monoisotopic (exact) mass is 498 g/mol. The number of sulfonamides is 1. The number of nitrogens with zero attached hydrogens (tertiary/aromatic N) is 3. The van der Waals surface area contributed by atoms with Gasteiger partial charge in [-0.25, -0.2) is 13.4 Å². The minimum atomic E-state index is -3.76. The van der Waals surface area contributed by atoms with Crippen molar-refractivity contribution >= 4 is 15.9 Å². The lowest BCUT2D eigenvalue weighted by Gasteiger charge is -2.27. The van der Waals surface area contributed by atoms with Crippen molar-refractivity contribution < 1.29 is 22.7 Å². The molecule has 9 nitrogen and oxygen atoms in total. The van der Waals surface area contributed by atoms with Crippen LogP contribution in [0, 0.1) is 0 Å². The standard InChI is InChI=1S/C25H30N4O5S/c1-4-18-5-6-20(17-22(18)35(31,32)29-13-15-34-16-14-29)25(30)27-23(24-26-11-12-28(24)2)19-7-9-21(33-3)10-8-19/h5-12,17,23H,4,13-16H2,1-3H3,(H,27,30). The molecule has 2 aromatic carbocycles. The highest BCUT2D eigenvalue weighted by Crippen LogP contribution is 2.26. The molecule has 0 saturated carbocycles. The highest BCUT2D eigenvalue weighted by atomic mass is 32.2. The summed E-state index contributed by atoms with van der Waals surface area (Å²) < 4.78 is 40.6. The van der Waals surface area contributed by atoms with Gasteiger partial charge < -0.3 is 19.4 Å². The van der Waals surface area contributed by atoms with Crippen LogP contribution in [0.15, 0.2) is 59.8 Å². The van der Waals surface area contributed by atoms with Gasteiger partial charge in [0.2, 0.25) is 10.0 Å². The Bertz CT molecular complexity index is 1280. The summed E-state index contributed by atoms with van der Waals surface area (Å²) in [5.41, 5.74) is 1.75. The number of imidazole rings is 1. The van der Waals surface area contributed by atoms with Gasteiger partial charge in [-0.1, -0.05) is 25.1 Å². The Morgan fingerprint density at radius 2 is 1.89 bits per heavy atom. The third kappa shape index (κ3) is 5.24. The number of carbonyl (C=O) groups excluding carboxylic acids is 1. The summed E-state index contributed by atoms with van der Waals surface area (Å²) >= 11 is 0. The van der Waals surface area contributed by atoms with E-state index in [1.807, 2.05) is 42.8 Å². The molecule has 1 amide bonds. The number of carbonyl (C=O) groups is 1. The van der Waals surface area contributed by atoms with E-state index >= 15 is 0 Å². The molecule has 1 aliphatic heterocycles. The minimum Gasteiger partial charge on any atom is -0.497 e. The number of rotatable bonds is 8. The normalized spacial score (nSPS) is 15.5. The quantitative estimate of drug-likeness (QED) is 0.512. The van der Waals surface area contributed by atoms with Crippen LogP contribution >= 0.6 is 0 Å². The molecule has 0 spiro atoms. The molecule has 0 bridgehead atoms. The number of benzene rings is 2. The molecule has 1 fully saturated rings. The van der Waals surface area contributed by atoms with E-state index in [9.17, 15) is 13.2 Å². The second-order valence-electron chi connectivity index (χ2n) is 8.27. The van der Waals surface area contributed by atoms with Gasteiger partial charge in [-0.2, -0.15) is 4.31 Å². The van der Waals surface area contributed by atoms with Crippen LogP contribution in [0.3, 0.4) is 0 Å². The van der Waals surface area contributed by atoms with Crippen LogP contribution in [0.25, 0.3) is 0 Å². The number of hydrogen-bond acceptors (Lipinski definition) is 6. The Kier molecular flexibility index (Phi) is 7.54. The molecule has 1 saturated heterocycles. The zero-order chi connectivity index (χ0) is 25.0. The number of aryl methyl sites for hydroxylation is 2. The molecule has 0 radical (unpaired) electrons. The Balaban J connectivity index is 1.67. The van der Waals surface area contributed by atoms with Crippen LogP contribution in [-0.2, 0) is 28.2 Å². The summed E-state index contributed by atoms with van der Waals surface area (Å²) in [4.78, 5) is 18.0. The first-order valence-electron chi connectivity index (χ1n) is 11.5. The average Bonchev–Trinajstić information content (AvgIpc) is 3.32. The van der Waals surface area contributed by atoms with E-state index in [0.717, 1.165) is 5.56 Å². The largest absolute Gasteiger partial charge is 0.497 e. The average molecular weight is 499 g/mol. The zero-order valence-electron chi connectivity index (χ0n) is 20.1. The van der Waals surface area contributed by atoms with Gasteiger partial charge >= 0.3 is 0 Å². The summed E-state index contributed by atoms with van der Waals surface area (Å²) in [5, 5.41) is 3.03. The van der Waals surface area contributed by atoms with Gasteiger partial charge in [0, 0.05) is 38.1 Å². The van der Waals surface area contributed by atoms with Crippen LogP contribution in [0.1, 0.15) is 40.3 Å². The topological polar surface area (TPSA) is 103 Å². The number of hydrogen-bond donors (Lipinski definition) is 1. The lowest BCUT2D eigenvalue weighted by molar-refractivity contribution is 0.0730. The van der Waals surface area contributed by atoms with E-state index < -0.39 is 22.0 Å². The maximum atomic E-state index is 13.4. The van der Waals surface area contributed by atoms with Crippen molar-refractivity contribution in [3.05, 3.63) is 77.4 Å². The highest BCUT2D eigenvalue weighted by molar-refractivity contribution is 7.89. The van der Waals surface area contributed by atoms with Gasteiger partial charge in [-0.15, -0.1) is 0 Å². The summed E-state index contributed by atoms with van der Waals surface area (Å²) in [7, 11) is -0.308. The Morgan fingerprint density at radius 1 is 1.17 bits per heavy atom. The second-order valence-corrected chi connectivity index (χ2v) is 10.2. The Morgan fingerprint density at radius 3 is 2.49 bits per heavy atom. The molecule has 1 atom stereocenters. The predicted molar refractivity (Wildman–Crippen MR) is 131 cm³/mol. The molecule has 1 aliphatic rings. The molecule has 1 aromatic heterocycles. The van der Waals surface area contributed by atoms with Crippen LogP contribution in [0.2, 0.25) is 0 Å². The van der Waals surface area contributed by atoms with Crippen molar-refractivity contribution in [3.63, 3.8) is 0 Å². The number of aromatic nitrogens is 2. The molecule has 0 aliphatic carbocycles. The van der Waals surface area contributed by atoms with Crippen molar-refractivity contribution in [3.8, 4) is 5.75 Å². The van der Waals surface area contributed by atoms with Crippen molar-refractivity contribution in [1.29, 1.82) is 0 Å². The number of morpholine rings is 1. The predicted octanol–water partition coefficient (Wildman–Crippen LogP) is 2.53. The van der Waals surface area contributed by atoms with Crippen molar-refractivity contribution in [2.45, 2.75) is 24.3 Å². The van der Waals surface area contributed by atoms with E-state index in [0.29, 0.717) is 49.9 Å². The van der Waals surface area contributed by atoms with Crippen LogP contribution < -0.4 is 10.1 Å². The number of ether oxygens (including phenoxy) is 2. The smallest absolute Gasteiger partial charge is 0.252 e. The van der Waals surface area contributed by atoms with Crippen LogP contribution in [0.4, 0.5) is 0 Å². The van der Waals surface area contributed by atoms with Gasteiger partial charge in [0.05, 0.1) is 25.2 Å². The van der Waals surface area contributed by atoms with Gasteiger partial charge in [-0.05, 0) is 41.8 Å². The highest BCUT2D eigenvalue weighted by Gasteiger charge is 2.29. The maximum absolute atomic E-state index is 13.4. The summed E-state index contributed by atoms with van der Waals surface area (Å²) in [6.45, 7) is 3.19. The van der Waals surface area contributed by atoms with E-state index in [4.69, 9.17) is 9.47 Å². The number of nitrogens with one attached hydrogen (secondary N) is 1. The molecule has 1 N–H and O–H groups in total. The summed E-state index contributed by atoms with van der Waals surface area (Å²) in [6, 6.07) is 11.7. The van der Waals surface area contributed by atoms with Crippen molar-refractivity contribution in [2.75, 3.05) is 33.4 Å². The van der Waals surface area contributed by atoms with E-state index in [1.54, 1.807) is 31.6 Å². The van der Waals surface area contributed by atoms with Gasteiger partial charge in [-0.3, -0.25) is 4.79 Å². The Labute approximate surface area is 205 Å². The summed E-state index contributed by atoms with van der Waals surface area (Å²) in [5.74, 6) is 0.955. The fraction of sp³-hybridized carbons (Fsp3) is 0.360. The van der Waals surface area contributed by atoms with Gasteiger partial charge in [0.1, 0.15) is 17.6 Å². The molecule has 3 aromatic rings. The van der Waals surface area contributed by atoms with E-state index in [-0.39, 0.29) is 10.5 Å². The third-order valence-corrected chi connectivity index (χ3v) is 8.12. The lowest BCUT2D eigenvalue weighted by atomic mass is 10.0. The minimum absolute atomic E-state index is 0.160. The fourth-order valence-electron chi connectivity index (χ4n) is 4.12. The van der Waals surface area contributed by atoms with Gasteiger partial charge in [0.15, 0.2) is 0 Å². The third-order valence-electron chi connectivity index (χ3n) is 6.14. The molecule has 4 rings (SSSR count). The van der Waals surface area contributed by atoms with Crippen molar-refractivity contribution in [1.82, 2.24) is 19.2 Å². The van der Waals surface area contributed by atoms with Crippen molar-refractivity contribution in [2.24, 2.45) is 7.05 Å². The van der Waals surface area contributed by atoms with E-state index in [1.165, 1.54) is 10.4 Å². The maximum Gasteiger partial charge on any atom is 0.252 e. The molecule has 35 heavy (non-hydrogen) atoms. The van der Waals surface area contributed by atoms with Gasteiger partial charge in [0.25, 0.3) is 5.91 Å². The first-order valence-corrected chi connectivity index (χ1v) is 12.9. The second kappa shape index (κ2) is 10.6. The van der Waals surface area contributed by atoms with Crippen LogP contribution in [-0.4, -0.2) is 61.6 Å². The molecule has 2 heterocycles. The summed E-state index contributed by atoms with van der Waals surface area (Å²) in [6.07, 6.45) is 4.00. The number of amides is 1.